The van der Waals surface area contributed by atoms with E-state index < -0.39 is 4.92 Å². The molecule has 0 aliphatic heterocycles. The molecule has 6 nitrogen and oxygen atoms in total. The topological polar surface area (TPSA) is 82.3 Å². The lowest BCUT2D eigenvalue weighted by Gasteiger charge is -2.03. The Morgan fingerprint density at radius 1 is 1.38 bits per heavy atom. The van der Waals surface area contributed by atoms with Gasteiger partial charge in [-0.05, 0) is 18.2 Å². The number of fused-ring (bicyclic) bond motifs is 1. The minimum absolute atomic E-state index is 0.0682. The van der Waals surface area contributed by atoms with Crippen LogP contribution in [0.4, 0.5) is 5.69 Å². The molecule has 0 spiro atoms. The Labute approximate surface area is 89.6 Å². The van der Waals surface area contributed by atoms with Crippen molar-refractivity contribution >= 4 is 23.1 Å². The summed E-state index contributed by atoms with van der Waals surface area (Å²) in [4.78, 5) is 24.5. The van der Waals surface area contributed by atoms with Gasteiger partial charge in [0.25, 0.3) is 12.2 Å². The molecule has 0 unspecified atom stereocenters. The van der Waals surface area contributed by atoms with E-state index in [2.05, 4.69) is 9.72 Å². The third-order valence-corrected chi connectivity index (χ3v) is 2.08. The third kappa shape index (κ3) is 1.56. The van der Waals surface area contributed by atoms with Crippen LogP contribution in [0.15, 0.2) is 30.5 Å². The molecule has 80 valence electrons. The first-order valence-corrected chi connectivity index (χ1v) is 4.36. The van der Waals surface area contributed by atoms with Crippen LogP contribution in [-0.4, -0.2) is 16.4 Å². The van der Waals surface area contributed by atoms with Crippen LogP contribution >= 0.6 is 0 Å². The molecule has 0 bridgehead atoms. The molecule has 0 aliphatic carbocycles. The Kier molecular flexibility index (Phi) is 2.47. The number of aromatic nitrogens is 1. The number of ether oxygens (including phenoxy) is 1. The number of nitro benzene ring substituents is 1. The van der Waals surface area contributed by atoms with Crippen molar-refractivity contribution in [3.8, 4) is 5.75 Å². The molecule has 0 fully saturated rings. The van der Waals surface area contributed by atoms with Gasteiger partial charge in [-0.15, -0.1) is 0 Å². The summed E-state index contributed by atoms with van der Waals surface area (Å²) in [5.41, 5.74) is 0.227. The maximum absolute atomic E-state index is 10.8. The van der Waals surface area contributed by atoms with Crippen LogP contribution in [-0.2, 0) is 4.79 Å². The van der Waals surface area contributed by atoms with E-state index in [1.807, 2.05) is 0 Å². The fourth-order valence-electron chi connectivity index (χ4n) is 1.44. The third-order valence-electron chi connectivity index (χ3n) is 2.08. The molecular formula is C10H6N2O4. The van der Waals surface area contributed by atoms with Crippen molar-refractivity contribution in [2.75, 3.05) is 0 Å². The second-order valence-electron chi connectivity index (χ2n) is 2.95. The number of carbonyl (C=O) groups is 1. The molecule has 1 aromatic carbocycles. The Hall–Kier alpha value is -2.50. The van der Waals surface area contributed by atoms with Crippen LogP contribution in [0.1, 0.15) is 0 Å². The number of hydrogen-bond donors (Lipinski definition) is 0. The summed E-state index contributed by atoms with van der Waals surface area (Å²) in [7, 11) is 0. The van der Waals surface area contributed by atoms with Crippen LogP contribution in [0.5, 0.6) is 5.75 Å². The van der Waals surface area contributed by atoms with Crippen LogP contribution < -0.4 is 4.74 Å². The molecule has 0 saturated heterocycles. The van der Waals surface area contributed by atoms with E-state index in [1.165, 1.54) is 18.3 Å². The van der Waals surface area contributed by atoms with Gasteiger partial charge in [-0.1, -0.05) is 0 Å². The molecule has 2 aromatic rings. The summed E-state index contributed by atoms with van der Waals surface area (Å²) in [5, 5.41) is 11.1. The van der Waals surface area contributed by atoms with Gasteiger partial charge in [0, 0.05) is 12.3 Å². The van der Waals surface area contributed by atoms with E-state index in [4.69, 9.17) is 0 Å². The second kappa shape index (κ2) is 3.93. The first-order valence-electron chi connectivity index (χ1n) is 4.36. The highest BCUT2D eigenvalue weighted by molar-refractivity contribution is 5.92. The van der Waals surface area contributed by atoms with Gasteiger partial charge in [0.2, 0.25) is 0 Å². The van der Waals surface area contributed by atoms with E-state index in [-0.39, 0.29) is 17.9 Å². The van der Waals surface area contributed by atoms with E-state index >= 15 is 0 Å². The summed E-state index contributed by atoms with van der Waals surface area (Å²) in [6.07, 6.45) is 1.48. The fraction of sp³-hybridized carbons (Fsp3) is 0. The molecule has 0 radical (unpaired) electrons. The predicted octanol–water partition coefficient (Wildman–Crippen LogP) is 1.68. The van der Waals surface area contributed by atoms with Gasteiger partial charge >= 0.3 is 0 Å². The molecule has 6 heteroatoms. The van der Waals surface area contributed by atoms with Crippen LogP contribution in [0.2, 0.25) is 0 Å². The maximum atomic E-state index is 10.8. The van der Waals surface area contributed by atoms with Crippen molar-refractivity contribution in [3.05, 3.63) is 40.6 Å². The Morgan fingerprint density at radius 3 is 2.88 bits per heavy atom. The lowest BCUT2D eigenvalue weighted by atomic mass is 10.1. The lowest BCUT2D eigenvalue weighted by molar-refractivity contribution is -0.383. The number of pyridine rings is 1. The van der Waals surface area contributed by atoms with Crippen molar-refractivity contribution in [2.45, 2.75) is 0 Å². The Bertz CT molecular complexity index is 568. The molecule has 1 aromatic heterocycles. The summed E-state index contributed by atoms with van der Waals surface area (Å²) in [6.45, 7) is 0.259. The zero-order chi connectivity index (χ0) is 11.5. The zero-order valence-electron chi connectivity index (χ0n) is 7.99. The van der Waals surface area contributed by atoms with Crippen LogP contribution in [0, 0.1) is 10.1 Å². The van der Waals surface area contributed by atoms with Gasteiger partial charge < -0.3 is 4.74 Å². The van der Waals surface area contributed by atoms with E-state index in [0.717, 1.165) is 0 Å². The average Bonchev–Trinajstić information content (AvgIpc) is 2.29. The molecule has 0 aliphatic rings. The van der Waals surface area contributed by atoms with Crippen molar-refractivity contribution < 1.29 is 14.5 Å². The minimum atomic E-state index is -0.505. The van der Waals surface area contributed by atoms with Gasteiger partial charge in [0.05, 0.1) is 10.3 Å². The fourth-order valence-corrected chi connectivity index (χ4v) is 1.44. The van der Waals surface area contributed by atoms with Crippen molar-refractivity contribution in [3.63, 3.8) is 0 Å². The number of rotatable bonds is 3. The number of nitro groups is 1. The standard InChI is InChI=1S/C10H6N2O4/c13-6-16-9-4-3-8(12(14)15)7-2-1-5-11-10(7)9/h1-6H. The van der Waals surface area contributed by atoms with Crippen molar-refractivity contribution in [1.82, 2.24) is 4.98 Å². The number of carbonyl (C=O) groups excluding carboxylic acids is 1. The molecule has 0 N–H and O–H groups in total. The molecule has 16 heavy (non-hydrogen) atoms. The first kappa shape index (κ1) is 10.0. The quantitative estimate of drug-likeness (QED) is 0.444. The second-order valence-corrected chi connectivity index (χ2v) is 2.95. The number of benzene rings is 1. The monoisotopic (exact) mass is 218 g/mol. The van der Waals surface area contributed by atoms with Gasteiger partial charge in [-0.25, -0.2) is 0 Å². The summed E-state index contributed by atoms with van der Waals surface area (Å²) < 4.78 is 4.69. The molecule has 1 heterocycles. The van der Waals surface area contributed by atoms with E-state index in [0.29, 0.717) is 10.9 Å². The lowest BCUT2D eigenvalue weighted by Crippen LogP contribution is -1.95. The molecule has 0 atom stereocenters. The predicted molar refractivity (Wildman–Crippen MR) is 55.1 cm³/mol. The number of hydrogen-bond acceptors (Lipinski definition) is 5. The molecule has 0 amide bonds. The van der Waals surface area contributed by atoms with Gasteiger partial charge in [-0.2, -0.15) is 0 Å². The number of nitrogens with zero attached hydrogens (tertiary/aromatic N) is 2. The highest BCUT2D eigenvalue weighted by atomic mass is 16.6. The highest BCUT2D eigenvalue weighted by Gasteiger charge is 2.15. The largest absolute Gasteiger partial charge is 0.426 e. The van der Waals surface area contributed by atoms with Gasteiger partial charge in [-0.3, -0.25) is 19.9 Å². The summed E-state index contributed by atoms with van der Waals surface area (Å²) >= 11 is 0. The Morgan fingerprint density at radius 2 is 2.19 bits per heavy atom. The van der Waals surface area contributed by atoms with Crippen molar-refractivity contribution in [1.29, 1.82) is 0 Å². The normalized spacial score (nSPS) is 10.0. The molecule has 0 saturated carbocycles. The molecular weight excluding hydrogens is 212 g/mol. The molecule has 2 rings (SSSR count). The first-order chi connectivity index (χ1) is 7.74. The van der Waals surface area contributed by atoms with Crippen LogP contribution in [0.3, 0.4) is 0 Å². The number of non-ortho nitro benzene ring substituents is 1. The van der Waals surface area contributed by atoms with Crippen LogP contribution in [0.25, 0.3) is 10.9 Å². The Balaban J connectivity index is 2.76. The van der Waals surface area contributed by atoms with E-state index in [9.17, 15) is 14.9 Å². The van der Waals surface area contributed by atoms with E-state index in [1.54, 1.807) is 12.1 Å². The summed E-state index contributed by atoms with van der Waals surface area (Å²) in [6, 6.07) is 5.77. The maximum Gasteiger partial charge on any atom is 0.298 e. The zero-order valence-corrected chi connectivity index (χ0v) is 7.99. The minimum Gasteiger partial charge on any atom is -0.426 e. The average molecular weight is 218 g/mol. The van der Waals surface area contributed by atoms with Gasteiger partial charge in [0.15, 0.2) is 5.75 Å². The summed E-state index contributed by atoms with van der Waals surface area (Å²) in [5.74, 6) is 0.205. The smallest absolute Gasteiger partial charge is 0.298 e. The van der Waals surface area contributed by atoms with Gasteiger partial charge in [0.1, 0.15) is 5.52 Å². The highest BCUT2D eigenvalue weighted by Crippen LogP contribution is 2.30. The van der Waals surface area contributed by atoms with Crippen molar-refractivity contribution in [2.24, 2.45) is 0 Å². The SMILES string of the molecule is O=COc1ccc([N+](=O)[O-])c2cccnc12.